The molecule has 1 fully saturated rings. The van der Waals surface area contributed by atoms with Gasteiger partial charge in [-0.2, -0.15) is 13.2 Å². The van der Waals surface area contributed by atoms with Crippen molar-refractivity contribution in [1.29, 1.82) is 0 Å². The Hall–Kier alpha value is -2.09. The molecule has 8 heteroatoms. The van der Waals surface area contributed by atoms with Crippen molar-refractivity contribution in [2.24, 2.45) is 0 Å². The lowest BCUT2D eigenvalue weighted by atomic mass is 10.2. The number of aromatic amines is 1. The molecule has 0 radical (unpaired) electrons. The third-order valence-electron chi connectivity index (χ3n) is 3.80. The van der Waals surface area contributed by atoms with Crippen LogP contribution >= 0.6 is 0 Å². The van der Waals surface area contributed by atoms with Gasteiger partial charge in [-0.25, -0.2) is 4.98 Å². The van der Waals surface area contributed by atoms with Crippen LogP contribution in [-0.4, -0.2) is 58.9 Å². The number of alkyl halides is 3. The minimum atomic E-state index is -4.42. The van der Waals surface area contributed by atoms with Crippen LogP contribution < -0.4 is 0 Å². The molecule has 1 aromatic carbocycles. The van der Waals surface area contributed by atoms with Gasteiger partial charge in [-0.3, -0.25) is 4.79 Å². The number of nitrogens with zero attached hydrogens (tertiary/aromatic N) is 3. The summed E-state index contributed by atoms with van der Waals surface area (Å²) in [5.74, 6) is -0.197. The minimum absolute atomic E-state index is 0.0823. The summed E-state index contributed by atoms with van der Waals surface area (Å²) in [7, 11) is 1.97. The third kappa shape index (κ3) is 2.78. The van der Waals surface area contributed by atoms with E-state index in [4.69, 9.17) is 0 Å². The largest absolute Gasteiger partial charge is 0.416 e. The lowest BCUT2D eigenvalue weighted by Crippen LogP contribution is -2.47. The highest BCUT2D eigenvalue weighted by Gasteiger charge is 2.31. The number of halogens is 3. The number of likely N-dealkylation sites (N-methyl/N-ethyl adjacent to an activating group) is 1. The zero-order valence-electron chi connectivity index (χ0n) is 11.9. The molecule has 1 aliphatic heterocycles. The second-order valence-corrected chi connectivity index (χ2v) is 5.41. The standard InChI is InChI=1S/C14H15F3N4O/c1-20-4-6-21(7-5-20)13(22)12-18-10-3-2-9(14(15,16)17)8-11(10)19-12/h2-3,8H,4-7H2,1H3,(H,18,19). The van der Waals surface area contributed by atoms with Gasteiger partial charge in [-0.05, 0) is 25.2 Å². The normalized spacial score (nSPS) is 17.2. The monoisotopic (exact) mass is 312 g/mol. The van der Waals surface area contributed by atoms with Gasteiger partial charge in [0.1, 0.15) is 0 Å². The maximum absolute atomic E-state index is 12.7. The Bertz CT molecular complexity index is 702. The zero-order chi connectivity index (χ0) is 15.9. The van der Waals surface area contributed by atoms with E-state index in [1.165, 1.54) is 6.07 Å². The van der Waals surface area contributed by atoms with Crippen LogP contribution in [0.5, 0.6) is 0 Å². The Labute approximate surface area is 124 Å². The van der Waals surface area contributed by atoms with Crippen LogP contribution in [-0.2, 0) is 6.18 Å². The average molecular weight is 312 g/mol. The van der Waals surface area contributed by atoms with Crippen molar-refractivity contribution in [1.82, 2.24) is 19.8 Å². The summed E-state index contributed by atoms with van der Waals surface area (Å²) in [6, 6.07) is 3.21. The Morgan fingerprint density at radius 2 is 1.91 bits per heavy atom. The van der Waals surface area contributed by atoms with Crippen LogP contribution in [0.25, 0.3) is 11.0 Å². The fraction of sp³-hybridized carbons (Fsp3) is 0.429. The van der Waals surface area contributed by atoms with Crippen LogP contribution in [0.1, 0.15) is 16.2 Å². The van der Waals surface area contributed by atoms with E-state index in [0.29, 0.717) is 18.6 Å². The molecular weight excluding hydrogens is 297 g/mol. The molecule has 0 aliphatic carbocycles. The molecule has 1 N–H and O–H groups in total. The van der Waals surface area contributed by atoms with Gasteiger partial charge in [-0.15, -0.1) is 0 Å². The highest BCUT2D eigenvalue weighted by Crippen LogP contribution is 2.30. The van der Waals surface area contributed by atoms with Gasteiger partial charge in [-0.1, -0.05) is 0 Å². The Kier molecular flexibility index (Phi) is 3.56. The molecule has 0 unspecified atom stereocenters. The van der Waals surface area contributed by atoms with Gasteiger partial charge in [0.05, 0.1) is 16.6 Å². The van der Waals surface area contributed by atoms with Gasteiger partial charge < -0.3 is 14.8 Å². The number of benzene rings is 1. The lowest BCUT2D eigenvalue weighted by Gasteiger charge is -2.31. The molecule has 0 spiro atoms. The van der Waals surface area contributed by atoms with Crippen molar-refractivity contribution < 1.29 is 18.0 Å². The maximum atomic E-state index is 12.7. The number of nitrogens with one attached hydrogen (secondary N) is 1. The number of piperazine rings is 1. The SMILES string of the molecule is CN1CCN(C(=O)c2nc3ccc(C(F)(F)F)cc3[nH]2)CC1. The van der Waals surface area contributed by atoms with Gasteiger partial charge in [0.2, 0.25) is 0 Å². The molecule has 1 amide bonds. The highest BCUT2D eigenvalue weighted by molar-refractivity contribution is 5.94. The number of fused-ring (bicyclic) bond motifs is 1. The van der Waals surface area contributed by atoms with E-state index in [2.05, 4.69) is 14.9 Å². The average Bonchev–Trinajstić information content (AvgIpc) is 2.89. The molecule has 5 nitrogen and oxygen atoms in total. The Morgan fingerprint density at radius 1 is 1.23 bits per heavy atom. The van der Waals surface area contributed by atoms with E-state index in [1.54, 1.807) is 4.90 Å². The maximum Gasteiger partial charge on any atom is 0.416 e. The van der Waals surface area contributed by atoms with Crippen molar-refractivity contribution in [3.8, 4) is 0 Å². The number of amides is 1. The van der Waals surface area contributed by atoms with E-state index in [-0.39, 0.29) is 17.2 Å². The fourth-order valence-corrected chi connectivity index (χ4v) is 2.45. The number of hydrogen-bond donors (Lipinski definition) is 1. The number of aromatic nitrogens is 2. The molecule has 1 aliphatic rings. The van der Waals surface area contributed by atoms with Gasteiger partial charge in [0.25, 0.3) is 5.91 Å². The molecule has 3 rings (SSSR count). The van der Waals surface area contributed by atoms with Crippen LogP contribution in [0.4, 0.5) is 13.2 Å². The highest BCUT2D eigenvalue weighted by atomic mass is 19.4. The second kappa shape index (κ2) is 5.28. The quantitative estimate of drug-likeness (QED) is 0.876. The molecule has 1 aromatic heterocycles. The van der Waals surface area contributed by atoms with Crippen molar-refractivity contribution in [3.05, 3.63) is 29.6 Å². The molecule has 2 aromatic rings. The molecule has 2 heterocycles. The summed E-state index contributed by atoms with van der Waals surface area (Å²) in [6.07, 6.45) is -4.42. The van der Waals surface area contributed by atoms with Crippen molar-refractivity contribution >= 4 is 16.9 Å². The van der Waals surface area contributed by atoms with Gasteiger partial charge >= 0.3 is 6.18 Å². The fourth-order valence-electron chi connectivity index (χ4n) is 2.45. The zero-order valence-corrected chi connectivity index (χ0v) is 11.9. The van der Waals surface area contributed by atoms with E-state index < -0.39 is 11.7 Å². The van der Waals surface area contributed by atoms with Crippen molar-refractivity contribution in [2.45, 2.75) is 6.18 Å². The summed E-state index contributed by atoms with van der Waals surface area (Å²) < 4.78 is 38.1. The van der Waals surface area contributed by atoms with Crippen LogP contribution in [0.3, 0.4) is 0 Å². The topological polar surface area (TPSA) is 52.2 Å². The third-order valence-corrected chi connectivity index (χ3v) is 3.80. The van der Waals surface area contributed by atoms with Crippen LogP contribution in [0.2, 0.25) is 0 Å². The van der Waals surface area contributed by atoms with Gasteiger partial charge in [0, 0.05) is 26.2 Å². The minimum Gasteiger partial charge on any atom is -0.334 e. The first-order valence-corrected chi connectivity index (χ1v) is 6.89. The summed E-state index contributed by atoms with van der Waals surface area (Å²) in [6.45, 7) is 2.70. The van der Waals surface area contributed by atoms with Crippen LogP contribution in [0.15, 0.2) is 18.2 Å². The molecule has 118 valence electrons. The van der Waals surface area contributed by atoms with Gasteiger partial charge in [0.15, 0.2) is 5.82 Å². The lowest BCUT2D eigenvalue weighted by molar-refractivity contribution is -0.137. The number of hydrogen-bond acceptors (Lipinski definition) is 3. The number of carbonyl (C=O) groups is 1. The van der Waals surface area contributed by atoms with Crippen LogP contribution in [0, 0.1) is 0 Å². The molecule has 22 heavy (non-hydrogen) atoms. The Balaban J connectivity index is 1.87. The van der Waals surface area contributed by atoms with Crippen molar-refractivity contribution in [2.75, 3.05) is 33.2 Å². The first kappa shape index (κ1) is 14.8. The molecule has 0 bridgehead atoms. The number of rotatable bonds is 1. The first-order valence-electron chi connectivity index (χ1n) is 6.89. The molecule has 0 saturated carbocycles. The summed E-state index contributed by atoms with van der Waals surface area (Å²) in [5.41, 5.74) is -0.194. The van der Waals surface area contributed by atoms with E-state index in [9.17, 15) is 18.0 Å². The molecule has 1 saturated heterocycles. The summed E-state index contributed by atoms with van der Waals surface area (Å²) >= 11 is 0. The molecular formula is C14H15F3N4O. The van der Waals surface area contributed by atoms with E-state index in [0.717, 1.165) is 25.2 Å². The van der Waals surface area contributed by atoms with E-state index >= 15 is 0 Å². The Morgan fingerprint density at radius 3 is 2.55 bits per heavy atom. The second-order valence-electron chi connectivity index (χ2n) is 5.41. The number of carbonyl (C=O) groups excluding carboxylic acids is 1. The predicted octanol–water partition coefficient (Wildman–Crippen LogP) is 1.97. The van der Waals surface area contributed by atoms with E-state index in [1.807, 2.05) is 7.05 Å². The molecule has 0 atom stereocenters. The van der Waals surface area contributed by atoms with Crippen molar-refractivity contribution in [3.63, 3.8) is 0 Å². The summed E-state index contributed by atoms with van der Waals surface area (Å²) in [4.78, 5) is 22.9. The smallest absolute Gasteiger partial charge is 0.334 e. The first-order chi connectivity index (χ1) is 10.3. The summed E-state index contributed by atoms with van der Waals surface area (Å²) in [5, 5.41) is 0. The predicted molar refractivity (Wildman–Crippen MR) is 74.5 cm³/mol. The number of imidazole rings is 1. The number of H-pyrrole nitrogens is 1.